The van der Waals surface area contributed by atoms with Crippen molar-refractivity contribution >= 4 is 28.5 Å². The molecule has 2 aromatic rings. The van der Waals surface area contributed by atoms with Crippen LogP contribution in [0.1, 0.15) is 12.5 Å². The van der Waals surface area contributed by atoms with Crippen molar-refractivity contribution in [2.75, 3.05) is 0 Å². The number of halogens is 1. The van der Waals surface area contributed by atoms with E-state index >= 15 is 0 Å². The summed E-state index contributed by atoms with van der Waals surface area (Å²) in [6, 6.07) is 3.29. The van der Waals surface area contributed by atoms with Gasteiger partial charge >= 0.3 is 5.76 Å². The van der Waals surface area contributed by atoms with Crippen LogP contribution in [0.5, 0.6) is 0 Å². The molecular weight excluding hydrogens is 230 g/mol. The molecule has 0 fully saturated rings. The van der Waals surface area contributed by atoms with E-state index in [1.54, 1.807) is 19.2 Å². The van der Waals surface area contributed by atoms with Gasteiger partial charge in [0.1, 0.15) is 5.78 Å². The Hall–Kier alpha value is -1.55. The summed E-state index contributed by atoms with van der Waals surface area (Å²) in [4.78, 5) is 22.4. The normalized spacial score (nSPS) is 10.9. The Labute approximate surface area is 96.4 Å². The minimum absolute atomic E-state index is 0.00457. The smallest absolute Gasteiger partial charge is 0.407 e. The highest BCUT2D eigenvalue weighted by Gasteiger charge is 2.13. The number of Topliss-reactive ketones (excluding diaryl/α,β-unsaturated/α-hetero) is 1. The Bertz CT molecular complexity index is 624. The first-order chi connectivity index (χ1) is 7.49. The molecular formula is C11H10ClNO3. The second-order valence-corrected chi connectivity index (χ2v) is 4.16. The number of carbonyl (C=O) groups excluding carboxylic acids is 1. The van der Waals surface area contributed by atoms with Crippen molar-refractivity contribution in [1.82, 2.24) is 4.57 Å². The summed E-state index contributed by atoms with van der Waals surface area (Å²) in [6.45, 7) is 1.48. The average molecular weight is 240 g/mol. The summed E-state index contributed by atoms with van der Waals surface area (Å²) >= 11 is 5.92. The molecule has 1 aromatic carbocycles. The van der Waals surface area contributed by atoms with E-state index in [2.05, 4.69) is 0 Å². The first-order valence-electron chi connectivity index (χ1n) is 4.76. The number of benzene rings is 1. The second-order valence-electron chi connectivity index (χ2n) is 3.72. The molecule has 0 unspecified atom stereocenters. The predicted octanol–water partition coefficient (Wildman–Crippen LogP) is 1.92. The number of ketones is 1. The van der Waals surface area contributed by atoms with Crippen LogP contribution in [0.4, 0.5) is 0 Å². The summed E-state index contributed by atoms with van der Waals surface area (Å²) in [5, 5.41) is 0.486. The molecule has 0 aliphatic rings. The lowest BCUT2D eigenvalue weighted by atomic mass is 10.1. The standard InChI is InChI=1S/C11H10ClNO3/c1-6(14)3-7-4-8(12)5-9-10(7)16-11(15)13(9)2/h4-5H,3H2,1-2H3. The molecule has 0 atom stereocenters. The number of aryl methyl sites for hydroxylation is 1. The molecule has 0 radical (unpaired) electrons. The maximum absolute atomic E-state index is 11.4. The second kappa shape index (κ2) is 3.79. The van der Waals surface area contributed by atoms with Crippen LogP contribution in [-0.2, 0) is 18.3 Å². The fraction of sp³-hybridized carbons (Fsp3) is 0.273. The number of hydrogen-bond acceptors (Lipinski definition) is 3. The molecule has 0 saturated carbocycles. The van der Waals surface area contributed by atoms with Crippen LogP contribution in [0, 0.1) is 0 Å². The summed E-state index contributed by atoms with van der Waals surface area (Å²) in [6.07, 6.45) is 0.212. The van der Waals surface area contributed by atoms with E-state index in [-0.39, 0.29) is 12.2 Å². The van der Waals surface area contributed by atoms with E-state index < -0.39 is 5.76 Å². The van der Waals surface area contributed by atoms with E-state index in [1.165, 1.54) is 11.5 Å². The number of hydrogen-bond donors (Lipinski definition) is 0. The van der Waals surface area contributed by atoms with Gasteiger partial charge < -0.3 is 4.42 Å². The predicted molar refractivity (Wildman–Crippen MR) is 60.9 cm³/mol. The Morgan fingerprint density at radius 3 is 2.81 bits per heavy atom. The summed E-state index contributed by atoms with van der Waals surface area (Å²) in [5.41, 5.74) is 1.69. The first-order valence-corrected chi connectivity index (χ1v) is 5.14. The van der Waals surface area contributed by atoms with Crippen molar-refractivity contribution < 1.29 is 9.21 Å². The van der Waals surface area contributed by atoms with Crippen molar-refractivity contribution in [3.8, 4) is 0 Å². The minimum Gasteiger partial charge on any atom is -0.407 e. The van der Waals surface area contributed by atoms with Crippen molar-refractivity contribution in [1.29, 1.82) is 0 Å². The van der Waals surface area contributed by atoms with Crippen molar-refractivity contribution in [2.24, 2.45) is 7.05 Å². The van der Waals surface area contributed by atoms with Crippen LogP contribution in [0.2, 0.25) is 5.02 Å². The van der Waals surface area contributed by atoms with Gasteiger partial charge in [0.25, 0.3) is 0 Å². The highest BCUT2D eigenvalue weighted by atomic mass is 35.5. The van der Waals surface area contributed by atoms with E-state index in [0.717, 1.165) is 0 Å². The molecule has 1 aromatic heterocycles. The molecule has 16 heavy (non-hydrogen) atoms. The largest absolute Gasteiger partial charge is 0.419 e. The molecule has 2 rings (SSSR count). The van der Waals surface area contributed by atoms with Crippen molar-refractivity contribution in [2.45, 2.75) is 13.3 Å². The Balaban J connectivity index is 2.77. The van der Waals surface area contributed by atoms with Gasteiger partial charge in [-0.2, -0.15) is 0 Å². The number of carbonyl (C=O) groups is 1. The third-order valence-corrected chi connectivity index (χ3v) is 2.59. The zero-order valence-electron chi connectivity index (χ0n) is 8.91. The molecule has 0 spiro atoms. The van der Waals surface area contributed by atoms with Crippen molar-refractivity contribution in [3.63, 3.8) is 0 Å². The fourth-order valence-electron chi connectivity index (χ4n) is 1.65. The average Bonchev–Trinajstić information content (AvgIpc) is 2.44. The highest BCUT2D eigenvalue weighted by Crippen LogP contribution is 2.23. The lowest BCUT2D eigenvalue weighted by Gasteiger charge is -2.00. The van der Waals surface area contributed by atoms with Gasteiger partial charge in [-0.05, 0) is 19.1 Å². The Morgan fingerprint density at radius 2 is 2.19 bits per heavy atom. The summed E-state index contributed by atoms with van der Waals surface area (Å²) in [5.74, 6) is -0.461. The molecule has 1 heterocycles. The Morgan fingerprint density at radius 1 is 1.50 bits per heavy atom. The number of nitrogens with zero attached hydrogens (tertiary/aromatic N) is 1. The van der Waals surface area contributed by atoms with Gasteiger partial charge in [0, 0.05) is 24.1 Å². The van der Waals surface area contributed by atoms with Gasteiger partial charge in [0.2, 0.25) is 0 Å². The number of fused-ring (bicyclic) bond motifs is 1. The van der Waals surface area contributed by atoms with Crippen LogP contribution in [0.3, 0.4) is 0 Å². The van der Waals surface area contributed by atoms with E-state index in [0.29, 0.717) is 21.7 Å². The van der Waals surface area contributed by atoms with Gasteiger partial charge in [-0.3, -0.25) is 9.36 Å². The minimum atomic E-state index is -0.456. The molecule has 5 heteroatoms. The molecule has 0 saturated heterocycles. The molecule has 0 aliphatic carbocycles. The molecule has 0 amide bonds. The molecule has 84 valence electrons. The third-order valence-electron chi connectivity index (χ3n) is 2.37. The fourth-order valence-corrected chi connectivity index (χ4v) is 1.89. The van der Waals surface area contributed by atoms with E-state index in [4.69, 9.17) is 16.0 Å². The zero-order valence-corrected chi connectivity index (χ0v) is 9.67. The highest BCUT2D eigenvalue weighted by molar-refractivity contribution is 6.31. The summed E-state index contributed by atoms with van der Waals surface area (Å²) < 4.78 is 6.45. The number of aromatic nitrogens is 1. The maximum atomic E-state index is 11.4. The van der Waals surface area contributed by atoms with Gasteiger partial charge in [-0.25, -0.2) is 4.79 Å². The number of rotatable bonds is 2. The number of oxazole rings is 1. The van der Waals surface area contributed by atoms with E-state index in [9.17, 15) is 9.59 Å². The molecule has 0 aliphatic heterocycles. The molecule has 4 nitrogen and oxygen atoms in total. The van der Waals surface area contributed by atoms with Crippen LogP contribution in [0.15, 0.2) is 21.3 Å². The molecule has 0 bridgehead atoms. The first kappa shape index (κ1) is 11.0. The zero-order chi connectivity index (χ0) is 11.9. The van der Waals surface area contributed by atoms with Gasteiger partial charge in [0.15, 0.2) is 5.58 Å². The van der Waals surface area contributed by atoms with Crippen LogP contribution in [-0.4, -0.2) is 10.4 Å². The van der Waals surface area contributed by atoms with Crippen LogP contribution in [0.25, 0.3) is 11.1 Å². The van der Waals surface area contributed by atoms with Gasteiger partial charge in [-0.1, -0.05) is 11.6 Å². The Kier molecular flexibility index (Phi) is 2.59. The topological polar surface area (TPSA) is 52.2 Å². The van der Waals surface area contributed by atoms with E-state index in [1.807, 2.05) is 0 Å². The van der Waals surface area contributed by atoms with Gasteiger partial charge in [-0.15, -0.1) is 0 Å². The van der Waals surface area contributed by atoms with Crippen LogP contribution < -0.4 is 5.76 Å². The summed E-state index contributed by atoms with van der Waals surface area (Å²) in [7, 11) is 1.60. The molecule has 0 N–H and O–H groups in total. The maximum Gasteiger partial charge on any atom is 0.419 e. The van der Waals surface area contributed by atoms with Gasteiger partial charge in [0.05, 0.1) is 5.52 Å². The van der Waals surface area contributed by atoms with Crippen LogP contribution >= 0.6 is 11.6 Å². The third kappa shape index (κ3) is 1.76. The quantitative estimate of drug-likeness (QED) is 0.805. The lowest BCUT2D eigenvalue weighted by molar-refractivity contribution is -0.116. The lowest BCUT2D eigenvalue weighted by Crippen LogP contribution is -2.08. The van der Waals surface area contributed by atoms with Crippen molar-refractivity contribution in [3.05, 3.63) is 33.3 Å². The SMILES string of the molecule is CC(=O)Cc1cc(Cl)cc2c1oc(=O)n2C. The monoisotopic (exact) mass is 239 g/mol.